The molecule has 1 aromatic carbocycles. The minimum Gasteiger partial charge on any atom is -0.445 e. The first-order valence-corrected chi connectivity index (χ1v) is 13.6. The second kappa shape index (κ2) is 9.00. The summed E-state index contributed by atoms with van der Waals surface area (Å²) in [6, 6.07) is 3.76. The molecule has 2 N–H and O–H groups in total. The third kappa shape index (κ3) is 4.57. The first-order chi connectivity index (χ1) is 17.0. The number of carbonyl (C=O) groups is 3. The van der Waals surface area contributed by atoms with Crippen LogP contribution in [0.1, 0.15) is 36.8 Å². The van der Waals surface area contributed by atoms with Crippen LogP contribution in [0.15, 0.2) is 30.9 Å². The van der Waals surface area contributed by atoms with Crippen molar-refractivity contribution in [3.8, 4) is 0 Å². The Labute approximate surface area is 212 Å². The number of halogens is 2. The Balaban J connectivity index is 1.19. The van der Waals surface area contributed by atoms with Crippen LogP contribution in [0.3, 0.4) is 0 Å². The van der Waals surface area contributed by atoms with Gasteiger partial charge in [-0.05, 0) is 42.7 Å². The third-order valence-corrected chi connectivity index (χ3v) is 9.40. The molecule has 3 amide bonds. The zero-order chi connectivity index (χ0) is 25.8. The Morgan fingerprint density at radius 2 is 2.00 bits per heavy atom. The van der Waals surface area contributed by atoms with Crippen molar-refractivity contribution in [2.24, 2.45) is 5.92 Å². The molecule has 0 spiro atoms. The highest BCUT2D eigenvalue weighted by Crippen LogP contribution is 2.45. The van der Waals surface area contributed by atoms with Gasteiger partial charge in [-0.15, -0.1) is 6.58 Å². The van der Waals surface area contributed by atoms with E-state index in [-0.39, 0.29) is 38.3 Å². The van der Waals surface area contributed by atoms with Gasteiger partial charge in [0.15, 0.2) is 0 Å². The number of hydrogen-bond donors (Lipinski definition) is 2. The van der Waals surface area contributed by atoms with Gasteiger partial charge in [0.25, 0.3) is 5.91 Å². The summed E-state index contributed by atoms with van der Waals surface area (Å²) in [7, 11) is -3.79. The maximum Gasteiger partial charge on any atom is 0.410 e. The molecule has 0 bridgehead atoms. The van der Waals surface area contributed by atoms with E-state index < -0.39 is 56.8 Å². The van der Waals surface area contributed by atoms with Gasteiger partial charge in [0.2, 0.25) is 15.9 Å². The van der Waals surface area contributed by atoms with Crippen LogP contribution in [0.25, 0.3) is 0 Å². The number of nitrogens with zero attached hydrogens (tertiary/aromatic N) is 2. The van der Waals surface area contributed by atoms with Crippen molar-refractivity contribution in [2.45, 2.75) is 61.7 Å². The first-order valence-electron chi connectivity index (χ1n) is 11.7. The van der Waals surface area contributed by atoms with Crippen LogP contribution >= 0.6 is 11.8 Å². The molecule has 36 heavy (non-hydrogen) atoms. The Kier molecular flexibility index (Phi) is 6.24. The summed E-state index contributed by atoms with van der Waals surface area (Å²) in [6.45, 7) is 4.04. The van der Waals surface area contributed by atoms with E-state index in [1.165, 1.54) is 21.5 Å². The molecule has 2 aliphatic carbocycles. The number of hydrogen-bond acceptors (Lipinski definition) is 7. The zero-order valence-corrected chi connectivity index (χ0v) is 20.9. The van der Waals surface area contributed by atoms with Gasteiger partial charge < -0.3 is 10.1 Å². The van der Waals surface area contributed by atoms with Gasteiger partial charge in [-0.1, -0.05) is 18.2 Å². The molecular weight excluding hydrogens is 515 g/mol. The van der Waals surface area contributed by atoms with E-state index in [0.717, 1.165) is 0 Å². The molecule has 10 nitrogen and oxygen atoms in total. The minimum atomic E-state index is -3.79. The number of nitrogens with one attached hydrogen (secondary N) is 2. The van der Waals surface area contributed by atoms with Crippen LogP contribution < -0.4 is 10.0 Å². The summed E-state index contributed by atoms with van der Waals surface area (Å²) in [6.07, 6.45) is 1.44. The highest BCUT2D eigenvalue weighted by molar-refractivity contribution is 7.91. The molecule has 0 aromatic heterocycles. The summed E-state index contributed by atoms with van der Waals surface area (Å²) in [5.74, 6) is -2.18. The van der Waals surface area contributed by atoms with Gasteiger partial charge in [-0.3, -0.25) is 19.2 Å². The number of ether oxygens (including phenoxy) is 1. The summed E-state index contributed by atoms with van der Waals surface area (Å²) in [5, 5.41) is 2.08. The molecular formula is C23H26ClFN4O6S. The van der Waals surface area contributed by atoms with Gasteiger partial charge >= 0.3 is 6.09 Å². The Morgan fingerprint density at radius 1 is 1.25 bits per heavy atom. The van der Waals surface area contributed by atoms with Crippen LogP contribution in [0.5, 0.6) is 0 Å². The van der Waals surface area contributed by atoms with Crippen molar-refractivity contribution < 1.29 is 31.9 Å². The number of carbonyl (C=O) groups excluding carboxylic acids is 3. The molecule has 3 fully saturated rings. The maximum absolute atomic E-state index is 14.0. The monoisotopic (exact) mass is 540 g/mol. The fourth-order valence-corrected chi connectivity index (χ4v) is 6.51. The van der Waals surface area contributed by atoms with Gasteiger partial charge in [0, 0.05) is 24.4 Å². The topological polar surface area (TPSA) is 125 Å². The molecule has 2 aliphatic heterocycles. The Morgan fingerprint density at radius 3 is 2.64 bits per heavy atom. The third-order valence-electron chi connectivity index (χ3n) is 7.21. The lowest BCUT2D eigenvalue weighted by atomic mass is 10.1. The van der Waals surface area contributed by atoms with E-state index in [2.05, 4.69) is 16.6 Å². The van der Waals surface area contributed by atoms with Gasteiger partial charge in [-0.2, -0.15) is 0 Å². The van der Waals surface area contributed by atoms with Crippen LogP contribution in [-0.4, -0.2) is 65.1 Å². The number of fused-ring (bicyclic) bond motifs is 1. The molecule has 0 radical (unpaired) electrons. The smallest absolute Gasteiger partial charge is 0.410 e. The van der Waals surface area contributed by atoms with E-state index in [9.17, 15) is 27.2 Å². The lowest BCUT2D eigenvalue weighted by Gasteiger charge is -2.22. The van der Waals surface area contributed by atoms with Crippen LogP contribution in [-0.2, 0) is 37.4 Å². The Hall–Kier alpha value is -2.70. The summed E-state index contributed by atoms with van der Waals surface area (Å²) in [5.41, 5.74) is -0.257. The van der Waals surface area contributed by atoms with Crippen molar-refractivity contribution in [2.75, 3.05) is 6.54 Å². The van der Waals surface area contributed by atoms with E-state index in [1.54, 1.807) is 12.1 Å². The average Bonchev–Trinajstić information content (AvgIpc) is 3.71. The van der Waals surface area contributed by atoms with E-state index in [0.29, 0.717) is 24.0 Å². The van der Waals surface area contributed by atoms with Crippen molar-refractivity contribution in [3.05, 3.63) is 47.8 Å². The molecule has 4 aliphatic rings. The number of amides is 3. The maximum atomic E-state index is 14.0. The molecule has 0 unspecified atom stereocenters. The number of sulfonamides is 1. The highest BCUT2D eigenvalue weighted by Gasteiger charge is 2.61. The summed E-state index contributed by atoms with van der Waals surface area (Å²) in [4.78, 5) is 40.0. The summed E-state index contributed by atoms with van der Waals surface area (Å²) >= 11 is 6.26. The van der Waals surface area contributed by atoms with Gasteiger partial charge in [-0.25, -0.2) is 22.0 Å². The second-order valence-electron chi connectivity index (χ2n) is 9.76. The molecule has 5 rings (SSSR count). The summed E-state index contributed by atoms with van der Waals surface area (Å²) < 4.78 is 47.3. The van der Waals surface area contributed by atoms with Crippen molar-refractivity contribution >= 4 is 39.7 Å². The Bertz CT molecular complexity index is 1240. The van der Waals surface area contributed by atoms with E-state index in [1.807, 2.05) is 0 Å². The van der Waals surface area contributed by atoms with Crippen molar-refractivity contribution in [3.63, 3.8) is 0 Å². The van der Waals surface area contributed by atoms with Crippen LogP contribution in [0, 0.1) is 11.7 Å². The van der Waals surface area contributed by atoms with E-state index >= 15 is 0 Å². The van der Waals surface area contributed by atoms with E-state index in [4.69, 9.17) is 16.5 Å². The number of benzene rings is 1. The quantitative estimate of drug-likeness (QED) is 0.397. The van der Waals surface area contributed by atoms with Crippen molar-refractivity contribution in [1.29, 1.82) is 0 Å². The predicted molar refractivity (Wildman–Crippen MR) is 126 cm³/mol. The number of rotatable bonds is 7. The lowest BCUT2D eigenvalue weighted by Crippen LogP contribution is -2.55. The van der Waals surface area contributed by atoms with Crippen LogP contribution in [0.2, 0.25) is 0 Å². The van der Waals surface area contributed by atoms with Gasteiger partial charge in [0.05, 0.1) is 18.3 Å². The fourth-order valence-electron chi connectivity index (χ4n) is 4.83. The largest absolute Gasteiger partial charge is 0.445 e. The molecule has 2 heterocycles. The van der Waals surface area contributed by atoms with Crippen molar-refractivity contribution in [1.82, 2.24) is 19.4 Å². The lowest BCUT2D eigenvalue weighted by molar-refractivity contribution is -0.131. The predicted octanol–water partition coefficient (Wildman–Crippen LogP) is 1.54. The molecule has 4 atom stereocenters. The molecule has 194 valence electrons. The zero-order valence-electron chi connectivity index (χ0n) is 19.3. The minimum absolute atomic E-state index is 0.0701. The standard InChI is InChI=1S/C23H26ClFN4O6S/c1-2-14-9-23(14,21(31)27-36(33,34)16-6-7-16)26-20(30)19-8-15(11-29(19)24)35-22(32)28-10-13-4-3-5-18(25)17(13)12-28/h2-5,14-16,19H,1,6-12H2,(H,26,30)(H,27,31)/t14-,15-,19+,23-/m1/s1. The molecule has 1 saturated heterocycles. The molecule has 13 heteroatoms. The molecule has 1 aromatic rings. The normalized spacial score (nSPS) is 29.4. The highest BCUT2D eigenvalue weighted by atomic mass is 35.5. The van der Waals surface area contributed by atoms with Crippen LogP contribution in [0.4, 0.5) is 9.18 Å². The average molecular weight is 541 g/mol. The second-order valence-corrected chi connectivity index (χ2v) is 12.2. The first kappa shape index (κ1) is 25.0. The van der Waals surface area contributed by atoms with Gasteiger partial charge in [0.1, 0.15) is 23.5 Å². The fraction of sp³-hybridized carbons (Fsp3) is 0.522. The molecule has 2 saturated carbocycles. The SMILES string of the molecule is C=C[C@@H]1C[C@]1(NC(=O)[C@@H]1C[C@@H](OC(=O)N2Cc3cccc(F)c3C2)CN1Cl)C(=O)NS(=O)(=O)C1CC1.